The highest BCUT2D eigenvalue weighted by molar-refractivity contribution is 7.99. The summed E-state index contributed by atoms with van der Waals surface area (Å²) in [5, 5.41) is 12.6. The lowest BCUT2D eigenvalue weighted by Gasteiger charge is -2.07. The third kappa shape index (κ3) is 3.65. The van der Waals surface area contributed by atoms with Crippen molar-refractivity contribution in [2.75, 3.05) is 24.0 Å². The number of thioether (sulfide) groups is 1. The normalized spacial score (nSPS) is 10.9. The molecule has 1 amide bonds. The number of nitrogen functional groups attached to an aromatic ring is 1. The second kappa shape index (κ2) is 7.65. The van der Waals surface area contributed by atoms with Gasteiger partial charge < -0.3 is 20.9 Å². The first-order valence-corrected chi connectivity index (χ1v) is 9.48. The minimum atomic E-state index is -0.173. The molecule has 0 atom stereocenters. The number of benzene rings is 2. The lowest BCUT2D eigenvalue weighted by Crippen LogP contribution is -2.16. The van der Waals surface area contributed by atoms with Crippen LogP contribution in [0.1, 0.15) is 0 Å². The average molecular weight is 394 g/mol. The zero-order valence-corrected chi connectivity index (χ0v) is 15.9. The molecule has 4 N–H and O–H groups in total. The molecule has 4 rings (SSSR count). The number of nitrogens with zero attached hydrogens (tertiary/aromatic N) is 3. The summed E-state index contributed by atoms with van der Waals surface area (Å²) in [5.41, 5.74) is 2.43. The number of H-pyrrole nitrogens is 1. The van der Waals surface area contributed by atoms with Gasteiger partial charge in [0.15, 0.2) is 5.82 Å². The molecule has 2 heterocycles. The van der Waals surface area contributed by atoms with Crippen LogP contribution in [0.4, 0.5) is 5.69 Å². The maximum Gasteiger partial charge on any atom is 0.234 e. The maximum atomic E-state index is 12.2. The number of amides is 1. The van der Waals surface area contributed by atoms with E-state index < -0.39 is 0 Å². The molecule has 0 fully saturated rings. The van der Waals surface area contributed by atoms with Crippen LogP contribution in [-0.4, -0.2) is 38.6 Å². The Morgan fingerprint density at radius 1 is 1.21 bits per heavy atom. The molecule has 0 radical (unpaired) electrons. The van der Waals surface area contributed by atoms with E-state index in [2.05, 4.69) is 20.5 Å². The van der Waals surface area contributed by atoms with Crippen LogP contribution in [0.25, 0.3) is 22.4 Å². The van der Waals surface area contributed by atoms with Crippen LogP contribution in [0.15, 0.2) is 59.8 Å². The lowest BCUT2D eigenvalue weighted by molar-refractivity contribution is -0.113. The van der Waals surface area contributed by atoms with Gasteiger partial charge in [-0.2, -0.15) is 0 Å². The molecule has 0 aliphatic heterocycles. The first-order chi connectivity index (χ1) is 13.6. The van der Waals surface area contributed by atoms with E-state index in [1.807, 2.05) is 42.5 Å². The molecular weight excluding hydrogens is 376 g/mol. The Bertz CT molecular complexity index is 1100. The van der Waals surface area contributed by atoms with Gasteiger partial charge in [-0.3, -0.25) is 4.79 Å². The second-order valence-corrected chi connectivity index (χ2v) is 6.96. The minimum Gasteiger partial charge on any atom is -0.497 e. The highest BCUT2D eigenvalue weighted by Crippen LogP contribution is 2.25. The van der Waals surface area contributed by atoms with Crippen LogP contribution in [0, 0.1) is 0 Å². The van der Waals surface area contributed by atoms with E-state index in [1.54, 1.807) is 19.2 Å². The van der Waals surface area contributed by atoms with Gasteiger partial charge in [0.05, 0.1) is 18.6 Å². The number of hydrogen-bond acceptors (Lipinski definition) is 6. The summed E-state index contributed by atoms with van der Waals surface area (Å²) in [6, 6.07) is 17.0. The number of carbonyl (C=O) groups excluding carboxylic acids is 1. The zero-order valence-electron chi connectivity index (χ0n) is 15.0. The van der Waals surface area contributed by atoms with Gasteiger partial charge in [-0.05, 0) is 24.3 Å². The van der Waals surface area contributed by atoms with E-state index in [0.29, 0.717) is 22.4 Å². The van der Waals surface area contributed by atoms with Gasteiger partial charge in [0.2, 0.25) is 11.1 Å². The van der Waals surface area contributed by atoms with Crippen molar-refractivity contribution in [2.45, 2.75) is 5.16 Å². The summed E-state index contributed by atoms with van der Waals surface area (Å²) in [7, 11) is 1.58. The van der Waals surface area contributed by atoms with E-state index in [1.165, 1.54) is 16.4 Å². The number of nitrogens with one attached hydrogen (secondary N) is 2. The van der Waals surface area contributed by atoms with Crippen LogP contribution in [-0.2, 0) is 4.79 Å². The van der Waals surface area contributed by atoms with E-state index in [0.717, 1.165) is 16.6 Å². The molecule has 9 heteroatoms. The Balaban J connectivity index is 1.43. The zero-order chi connectivity index (χ0) is 19.5. The third-order valence-corrected chi connectivity index (χ3v) is 5.06. The minimum absolute atomic E-state index is 0.152. The number of nitrogens with two attached hydrogens (primary N) is 1. The predicted molar refractivity (Wildman–Crippen MR) is 110 cm³/mol. The van der Waals surface area contributed by atoms with Crippen LogP contribution in [0.5, 0.6) is 5.75 Å². The molecule has 0 saturated heterocycles. The first-order valence-electron chi connectivity index (χ1n) is 8.49. The molecule has 2 aromatic heterocycles. The number of methoxy groups -OCH3 is 1. The molecule has 2 aromatic carbocycles. The van der Waals surface area contributed by atoms with Crippen molar-refractivity contribution < 1.29 is 9.53 Å². The van der Waals surface area contributed by atoms with E-state index in [-0.39, 0.29) is 11.7 Å². The number of carbonyl (C=O) groups is 1. The SMILES string of the molecule is COc1cccc(NC(=O)CSc2nnc(-c3cc4ccccc4[nH]3)n2N)c1. The number of aromatic amines is 1. The fourth-order valence-corrected chi connectivity index (χ4v) is 3.44. The molecule has 142 valence electrons. The van der Waals surface area contributed by atoms with Crippen molar-refractivity contribution in [1.29, 1.82) is 0 Å². The number of ether oxygens (including phenoxy) is 1. The number of hydrogen-bond donors (Lipinski definition) is 3. The van der Waals surface area contributed by atoms with Crippen molar-refractivity contribution in [3.63, 3.8) is 0 Å². The van der Waals surface area contributed by atoms with Crippen molar-refractivity contribution in [2.24, 2.45) is 0 Å². The summed E-state index contributed by atoms with van der Waals surface area (Å²) < 4.78 is 6.53. The molecule has 0 bridgehead atoms. The van der Waals surface area contributed by atoms with Gasteiger partial charge >= 0.3 is 0 Å². The monoisotopic (exact) mass is 394 g/mol. The largest absolute Gasteiger partial charge is 0.497 e. The quantitative estimate of drug-likeness (QED) is 0.343. The van der Waals surface area contributed by atoms with Crippen molar-refractivity contribution >= 4 is 34.3 Å². The van der Waals surface area contributed by atoms with Crippen LogP contribution in [0.2, 0.25) is 0 Å². The van der Waals surface area contributed by atoms with Crippen LogP contribution >= 0.6 is 11.8 Å². The molecule has 4 aromatic rings. The average Bonchev–Trinajstić information content (AvgIpc) is 3.29. The highest BCUT2D eigenvalue weighted by atomic mass is 32.2. The molecule has 8 nitrogen and oxygen atoms in total. The number of anilines is 1. The maximum absolute atomic E-state index is 12.2. The van der Waals surface area contributed by atoms with Crippen LogP contribution < -0.4 is 15.9 Å². The Kier molecular flexibility index (Phi) is 4.90. The summed E-state index contributed by atoms with van der Waals surface area (Å²) in [5.74, 6) is 7.30. The van der Waals surface area contributed by atoms with Gasteiger partial charge in [0, 0.05) is 22.7 Å². The van der Waals surface area contributed by atoms with Crippen LogP contribution in [0.3, 0.4) is 0 Å². The predicted octanol–water partition coefficient (Wildman–Crippen LogP) is 2.88. The van der Waals surface area contributed by atoms with Crippen molar-refractivity contribution in [1.82, 2.24) is 19.9 Å². The number of para-hydroxylation sites is 1. The van der Waals surface area contributed by atoms with Crippen molar-refractivity contribution in [3.8, 4) is 17.3 Å². The summed E-state index contributed by atoms with van der Waals surface area (Å²) in [6.45, 7) is 0. The Morgan fingerprint density at radius 3 is 2.89 bits per heavy atom. The molecular formula is C19H18N6O2S. The van der Waals surface area contributed by atoms with E-state index in [4.69, 9.17) is 10.6 Å². The summed E-state index contributed by atoms with van der Waals surface area (Å²) >= 11 is 1.21. The van der Waals surface area contributed by atoms with Gasteiger partial charge in [0.1, 0.15) is 5.75 Å². The second-order valence-electron chi connectivity index (χ2n) is 6.02. The van der Waals surface area contributed by atoms with Gasteiger partial charge in [-0.1, -0.05) is 36.0 Å². The molecule has 28 heavy (non-hydrogen) atoms. The third-order valence-electron chi connectivity index (χ3n) is 4.12. The Morgan fingerprint density at radius 2 is 2.07 bits per heavy atom. The Labute approximate surface area is 165 Å². The highest BCUT2D eigenvalue weighted by Gasteiger charge is 2.15. The number of rotatable bonds is 6. The summed E-state index contributed by atoms with van der Waals surface area (Å²) in [4.78, 5) is 15.5. The van der Waals surface area contributed by atoms with Crippen molar-refractivity contribution in [3.05, 3.63) is 54.6 Å². The molecule has 0 saturated carbocycles. The molecule has 0 spiro atoms. The van der Waals surface area contributed by atoms with Gasteiger partial charge in [-0.15, -0.1) is 10.2 Å². The van der Waals surface area contributed by atoms with Gasteiger partial charge in [0.25, 0.3) is 0 Å². The lowest BCUT2D eigenvalue weighted by atomic mass is 10.2. The first kappa shape index (κ1) is 17.9. The number of fused-ring (bicyclic) bond motifs is 1. The Hall–Kier alpha value is -3.46. The molecule has 0 aliphatic carbocycles. The summed E-state index contributed by atoms with van der Waals surface area (Å²) in [6.07, 6.45) is 0. The smallest absolute Gasteiger partial charge is 0.234 e. The number of aromatic nitrogens is 4. The standard InChI is InChI=1S/C19H18N6O2S/c1-27-14-7-4-6-13(10-14)21-17(26)11-28-19-24-23-18(25(19)20)16-9-12-5-2-3-8-15(12)22-16/h2-10,22H,11,20H2,1H3,(H,21,26). The molecule has 0 aliphatic rings. The fourth-order valence-electron chi connectivity index (χ4n) is 2.78. The fraction of sp³-hybridized carbons (Fsp3) is 0.105. The van der Waals surface area contributed by atoms with E-state index >= 15 is 0 Å². The molecule has 0 unspecified atom stereocenters. The van der Waals surface area contributed by atoms with Gasteiger partial charge in [-0.25, -0.2) is 4.68 Å². The van der Waals surface area contributed by atoms with E-state index in [9.17, 15) is 4.79 Å². The topological polar surface area (TPSA) is 111 Å².